The van der Waals surface area contributed by atoms with E-state index < -0.39 is 47.8 Å². The smallest absolute Gasteiger partial charge is 0.337 e. The number of carbonyl (C=O) groups is 5. The number of carboxylic acids is 3. The van der Waals surface area contributed by atoms with Gasteiger partial charge in [-0.05, 0) is 68.4 Å². The van der Waals surface area contributed by atoms with Gasteiger partial charge in [-0.2, -0.15) is 0 Å². The van der Waals surface area contributed by atoms with Gasteiger partial charge in [-0.15, -0.1) is 0 Å². The lowest BCUT2D eigenvalue weighted by Crippen LogP contribution is -2.55. The molecule has 0 saturated heterocycles. The maximum atomic E-state index is 13.4. The third-order valence-corrected chi connectivity index (χ3v) is 9.28. The van der Waals surface area contributed by atoms with Crippen LogP contribution in [-0.2, 0) is 30.4 Å². The van der Waals surface area contributed by atoms with Gasteiger partial charge < -0.3 is 30.5 Å². The monoisotopic (exact) mass is 693 g/mol. The second kappa shape index (κ2) is 20.2. The number of rotatable bonds is 22. The molecule has 50 heavy (non-hydrogen) atoms. The number of ether oxygens (including phenoxy) is 1. The van der Waals surface area contributed by atoms with Gasteiger partial charge in [0, 0.05) is 19.3 Å². The SMILES string of the molecule is Cc1ccc(Oc2ccc(CC(NC(=O)C(/C=C/CCCCCCC(=O)CCC3CCCCC3)C(O)(CC(=O)O)C(=O)O)C(=O)O)cc2)cc1. The Morgan fingerprint density at radius 1 is 0.860 bits per heavy atom. The molecule has 3 rings (SSSR count). The Balaban J connectivity index is 1.56. The number of unbranched alkanes of at least 4 members (excludes halogenated alkanes) is 4. The zero-order chi connectivity index (χ0) is 36.5. The number of amides is 1. The van der Waals surface area contributed by atoms with Crippen LogP contribution in [0.5, 0.6) is 11.5 Å². The van der Waals surface area contributed by atoms with Gasteiger partial charge in [-0.3, -0.25) is 14.4 Å². The van der Waals surface area contributed by atoms with E-state index in [0.717, 1.165) is 37.3 Å². The Bertz CT molecular complexity index is 1450. The highest BCUT2D eigenvalue weighted by atomic mass is 16.5. The second-order valence-corrected chi connectivity index (χ2v) is 13.4. The Morgan fingerprint density at radius 3 is 2.08 bits per heavy atom. The fraction of sp³-hybridized carbons (Fsp3) is 0.513. The number of carbonyl (C=O) groups excluding carboxylic acids is 2. The van der Waals surface area contributed by atoms with Crippen LogP contribution in [-0.4, -0.2) is 61.7 Å². The van der Waals surface area contributed by atoms with E-state index in [1.165, 1.54) is 38.2 Å². The van der Waals surface area contributed by atoms with E-state index in [0.29, 0.717) is 54.4 Å². The van der Waals surface area contributed by atoms with Gasteiger partial charge in [0.1, 0.15) is 23.3 Å². The first-order chi connectivity index (χ1) is 23.9. The molecule has 1 amide bonds. The molecular weight excluding hydrogens is 642 g/mol. The minimum atomic E-state index is -3.03. The molecule has 0 aliphatic heterocycles. The van der Waals surface area contributed by atoms with Gasteiger partial charge >= 0.3 is 17.9 Å². The molecule has 11 heteroatoms. The Labute approximate surface area is 293 Å². The highest BCUT2D eigenvalue weighted by molar-refractivity contribution is 5.94. The first kappa shape index (κ1) is 39.9. The Hall–Kier alpha value is -4.51. The highest BCUT2D eigenvalue weighted by Crippen LogP contribution is 2.28. The Morgan fingerprint density at radius 2 is 1.48 bits per heavy atom. The maximum Gasteiger partial charge on any atom is 0.337 e. The predicted octanol–water partition coefficient (Wildman–Crippen LogP) is 6.63. The average molecular weight is 694 g/mol. The summed E-state index contributed by atoms with van der Waals surface area (Å²) in [6, 6.07) is 12.5. The number of ketones is 1. The molecule has 0 aromatic heterocycles. The van der Waals surface area contributed by atoms with Gasteiger partial charge in [-0.25, -0.2) is 9.59 Å². The summed E-state index contributed by atoms with van der Waals surface area (Å²) in [7, 11) is 0. The molecule has 2 aromatic rings. The number of hydrogen-bond donors (Lipinski definition) is 5. The normalized spacial score (nSPS) is 15.9. The predicted molar refractivity (Wildman–Crippen MR) is 187 cm³/mol. The number of nitrogens with one attached hydrogen (secondary N) is 1. The first-order valence-electron chi connectivity index (χ1n) is 17.6. The molecule has 3 atom stereocenters. The summed E-state index contributed by atoms with van der Waals surface area (Å²) >= 11 is 0. The molecule has 0 heterocycles. The number of benzene rings is 2. The van der Waals surface area contributed by atoms with E-state index in [2.05, 4.69) is 5.32 Å². The van der Waals surface area contributed by atoms with Crippen LogP contribution in [0, 0.1) is 18.8 Å². The summed E-state index contributed by atoms with van der Waals surface area (Å²) in [5, 5.41) is 42.3. The van der Waals surface area contributed by atoms with E-state index in [1.807, 2.05) is 31.2 Å². The van der Waals surface area contributed by atoms with Crippen molar-refractivity contribution in [2.75, 3.05) is 0 Å². The van der Waals surface area contributed by atoms with E-state index >= 15 is 0 Å². The van der Waals surface area contributed by atoms with Gasteiger partial charge in [0.2, 0.25) is 5.91 Å². The minimum absolute atomic E-state index is 0.171. The first-order valence-corrected chi connectivity index (χ1v) is 17.6. The topological polar surface area (TPSA) is 188 Å². The zero-order valence-corrected chi connectivity index (χ0v) is 28.9. The number of aliphatic hydroxyl groups is 1. The lowest BCUT2D eigenvalue weighted by molar-refractivity contribution is -0.172. The summed E-state index contributed by atoms with van der Waals surface area (Å²) in [6.07, 6.45) is 13.1. The van der Waals surface area contributed by atoms with E-state index in [4.69, 9.17) is 4.74 Å². The summed E-state index contributed by atoms with van der Waals surface area (Å²) in [4.78, 5) is 61.4. The fourth-order valence-corrected chi connectivity index (χ4v) is 6.28. The third kappa shape index (κ3) is 13.4. The quantitative estimate of drug-likeness (QED) is 0.0661. The number of aryl methyl sites for hydroxylation is 1. The van der Waals surface area contributed by atoms with Crippen molar-refractivity contribution < 1.29 is 49.1 Å². The van der Waals surface area contributed by atoms with Crippen molar-refractivity contribution in [3.63, 3.8) is 0 Å². The second-order valence-electron chi connectivity index (χ2n) is 13.4. The maximum absolute atomic E-state index is 13.4. The minimum Gasteiger partial charge on any atom is -0.481 e. The van der Waals surface area contributed by atoms with Crippen molar-refractivity contribution in [2.45, 2.75) is 115 Å². The molecule has 3 unspecified atom stereocenters. The van der Waals surface area contributed by atoms with Crippen LogP contribution in [0.3, 0.4) is 0 Å². The lowest BCUT2D eigenvalue weighted by Gasteiger charge is -2.29. The molecule has 2 aromatic carbocycles. The molecule has 1 fully saturated rings. The van der Waals surface area contributed by atoms with Crippen LogP contribution in [0.15, 0.2) is 60.7 Å². The van der Waals surface area contributed by atoms with Gasteiger partial charge in [0.25, 0.3) is 0 Å². The van der Waals surface area contributed by atoms with Crippen molar-refractivity contribution >= 4 is 29.6 Å². The van der Waals surface area contributed by atoms with E-state index in [1.54, 1.807) is 24.3 Å². The highest BCUT2D eigenvalue weighted by Gasteiger charge is 2.49. The van der Waals surface area contributed by atoms with Crippen molar-refractivity contribution in [1.29, 1.82) is 0 Å². The number of allylic oxidation sites excluding steroid dienone is 1. The lowest BCUT2D eigenvalue weighted by atomic mass is 9.82. The molecule has 0 spiro atoms. The summed E-state index contributed by atoms with van der Waals surface area (Å²) in [5.41, 5.74) is -1.42. The average Bonchev–Trinajstić information content (AvgIpc) is 3.08. The molecule has 272 valence electrons. The Kier molecular flexibility index (Phi) is 16.2. The van der Waals surface area contributed by atoms with E-state index in [9.17, 15) is 44.4 Å². The molecule has 0 radical (unpaired) electrons. The van der Waals surface area contributed by atoms with Crippen LogP contribution < -0.4 is 10.1 Å². The van der Waals surface area contributed by atoms with Crippen LogP contribution in [0.2, 0.25) is 0 Å². The molecule has 5 N–H and O–H groups in total. The molecule has 11 nitrogen and oxygen atoms in total. The molecular formula is C39H51NO10. The summed E-state index contributed by atoms with van der Waals surface area (Å²) in [5.74, 6) is -5.88. The van der Waals surface area contributed by atoms with Gasteiger partial charge in [-0.1, -0.05) is 86.9 Å². The summed E-state index contributed by atoms with van der Waals surface area (Å²) < 4.78 is 5.80. The number of aliphatic carboxylic acids is 3. The van der Waals surface area contributed by atoms with Crippen LogP contribution in [0.25, 0.3) is 0 Å². The number of Topliss-reactive ketones (excluding diaryl/α,β-unsaturated/α-hetero) is 1. The number of carboxylic acid groups (broad SMARTS) is 3. The van der Waals surface area contributed by atoms with Crippen LogP contribution in [0.1, 0.15) is 101 Å². The number of hydrogen-bond acceptors (Lipinski definition) is 7. The van der Waals surface area contributed by atoms with Crippen LogP contribution in [0.4, 0.5) is 0 Å². The molecule has 0 bridgehead atoms. The molecule has 1 aliphatic rings. The summed E-state index contributed by atoms with van der Waals surface area (Å²) in [6.45, 7) is 1.96. The van der Waals surface area contributed by atoms with Crippen molar-refractivity contribution in [1.82, 2.24) is 5.32 Å². The van der Waals surface area contributed by atoms with Crippen molar-refractivity contribution in [2.24, 2.45) is 11.8 Å². The third-order valence-electron chi connectivity index (χ3n) is 9.28. The van der Waals surface area contributed by atoms with E-state index in [-0.39, 0.29) is 6.42 Å². The van der Waals surface area contributed by atoms with Gasteiger partial charge in [0.15, 0.2) is 5.60 Å². The van der Waals surface area contributed by atoms with Crippen molar-refractivity contribution in [3.05, 3.63) is 71.8 Å². The zero-order valence-electron chi connectivity index (χ0n) is 28.9. The van der Waals surface area contributed by atoms with Crippen molar-refractivity contribution in [3.8, 4) is 11.5 Å². The van der Waals surface area contributed by atoms with Gasteiger partial charge in [0.05, 0.1) is 12.3 Å². The van der Waals surface area contributed by atoms with Crippen LogP contribution >= 0.6 is 0 Å². The largest absolute Gasteiger partial charge is 0.481 e. The molecule has 1 aliphatic carbocycles. The fourth-order valence-electron chi connectivity index (χ4n) is 6.28. The standard InChI is InChI=1S/C39H51NO10/c1-27-15-21-31(22-16-27)50-32-23-18-29(19-24-32)25-34(37(45)46)40-36(44)33(39(49,38(47)48)26-35(42)43)14-10-5-3-2-4-9-13-30(41)20-17-28-11-7-6-8-12-28/h10,14-16,18-19,21-24,28,33-34,49H,2-9,11-13,17,20,25-26H2,1H3,(H,40,44)(H,42,43)(H,45,46)(H,47,48)/b14-10+. The molecule has 1 saturated carbocycles.